The van der Waals surface area contributed by atoms with E-state index in [0.29, 0.717) is 11.1 Å². The molecular formula is C15H11O5PS. The van der Waals surface area contributed by atoms with Crippen LogP contribution in [0.2, 0.25) is 0 Å². The summed E-state index contributed by atoms with van der Waals surface area (Å²) in [4.78, 5) is 31.0. The highest BCUT2D eigenvalue weighted by Crippen LogP contribution is 2.55. The van der Waals surface area contributed by atoms with E-state index >= 15 is 0 Å². The average Bonchev–Trinajstić information content (AvgIpc) is 2.50. The number of hydrogen-bond acceptors (Lipinski definition) is 4. The van der Waals surface area contributed by atoms with Crippen LogP contribution in [0.3, 0.4) is 0 Å². The van der Waals surface area contributed by atoms with Gasteiger partial charge in [-0.05, 0) is 12.1 Å². The first-order valence-corrected chi connectivity index (χ1v) is 9.35. The van der Waals surface area contributed by atoms with Crippen LogP contribution in [0.5, 0.6) is 0 Å². The lowest BCUT2D eigenvalue weighted by Gasteiger charge is -2.10. The molecule has 0 aliphatic heterocycles. The standard InChI is InChI=1S/C15H11O5PS/c16-13-11-8-4-5-9-12(11)20-14(10-6-2-1-3-7-10)15(13)22-21(17,18)19/h1-9H,(H2,17,18,19). The molecule has 2 aromatic carbocycles. The topological polar surface area (TPSA) is 87.7 Å². The Hall–Kier alpha value is -1.85. The minimum Gasteiger partial charge on any atom is -0.455 e. The Morgan fingerprint density at radius 2 is 1.59 bits per heavy atom. The van der Waals surface area contributed by atoms with Crippen LogP contribution in [-0.2, 0) is 4.57 Å². The largest absolute Gasteiger partial charge is 0.455 e. The molecule has 5 nitrogen and oxygen atoms in total. The van der Waals surface area contributed by atoms with Crippen LogP contribution in [0.15, 0.2) is 68.7 Å². The lowest BCUT2D eigenvalue weighted by Crippen LogP contribution is -2.06. The minimum absolute atomic E-state index is 0.0850. The molecular weight excluding hydrogens is 323 g/mol. The molecule has 3 aromatic rings. The predicted molar refractivity (Wildman–Crippen MR) is 85.8 cm³/mol. The Bertz CT molecular complexity index is 930. The van der Waals surface area contributed by atoms with Crippen molar-refractivity contribution in [1.82, 2.24) is 0 Å². The van der Waals surface area contributed by atoms with E-state index in [2.05, 4.69) is 0 Å². The summed E-state index contributed by atoms with van der Waals surface area (Å²) >= 11 is 0.224. The molecule has 1 heterocycles. The molecule has 0 aliphatic carbocycles. The summed E-state index contributed by atoms with van der Waals surface area (Å²) in [5.74, 6) is 0.164. The first-order chi connectivity index (χ1) is 10.5. The molecule has 7 heteroatoms. The van der Waals surface area contributed by atoms with Gasteiger partial charge in [-0.25, -0.2) is 4.57 Å². The van der Waals surface area contributed by atoms with Gasteiger partial charge in [0.05, 0.1) is 5.39 Å². The Labute approximate surface area is 129 Å². The predicted octanol–water partition coefficient (Wildman–Crippen LogP) is 3.64. The second kappa shape index (κ2) is 5.74. The van der Waals surface area contributed by atoms with Crippen LogP contribution in [0.1, 0.15) is 0 Å². The van der Waals surface area contributed by atoms with E-state index in [1.165, 1.54) is 0 Å². The first-order valence-electron chi connectivity index (χ1n) is 6.32. The van der Waals surface area contributed by atoms with Gasteiger partial charge in [0.1, 0.15) is 10.5 Å². The summed E-state index contributed by atoms with van der Waals surface area (Å²) in [5.41, 5.74) is 0.511. The fourth-order valence-corrected chi connectivity index (χ4v) is 3.99. The van der Waals surface area contributed by atoms with Gasteiger partial charge < -0.3 is 14.2 Å². The van der Waals surface area contributed by atoms with Gasteiger partial charge >= 0.3 is 6.80 Å². The highest BCUT2D eigenvalue weighted by atomic mass is 32.7. The van der Waals surface area contributed by atoms with E-state index in [0.717, 1.165) is 0 Å². The zero-order valence-corrected chi connectivity index (χ0v) is 12.9. The second-order valence-corrected chi connectivity index (χ2v) is 8.08. The van der Waals surface area contributed by atoms with Gasteiger partial charge in [0.2, 0.25) is 5.43 Å². The highest BCUT2D eigenvalue weighted by Gasteiger charge is 2.24. The van der Waals surface area contributed by atoms with Gasteiger partial charge in [-0.15, -0.1) is 0 Å². The summed E-state index contributed by atoms with van der Waals surface area (Å²) in [7, 11) is 0. The van der Waals surface area contributed by atoms with Crippen LogP contribution < -0.4 is 5.43 Å². The molecule has 0 spiro atoms. The van der Waals surface area contributed by atoms with Crippen LogP contribution in [-0.4, -0.2) is 9.79 Å². The third kappa shape index (κ3) is 3.00. The van der Waals surface area contributed by atoms with E-state index in [9.17, 15) is 19.1 Å². The van der Waals surface area contributed by atoms with Crippen molar-refractivity contribution >= 4 is 29.1 Å². The third-order valence-electron chi connectivity index (χ3n) is 3.00. The fourth-order valence-electron chi connectivity index (χ4n) is 2.11. The fraction of sp³-hybridized carbons (Fsp3) is 0. The van der Waals surface area contributed by atoms with E-state index in [4.69, 9.17) is 4.42 Å². The molecule has 0 bridgehead atoms. The lowest BCUT2D eigenvalue weighted by molar-refractivity contribution is 0.397. The molecule has 0 aliphatic rings. The third-order valence-corrected chi connectivity index (χ3v) is 5.05. The van der Waals surface area contributed by atoms with Gasteiger partial charge in [0.25, 0.3) is 0 Å². The molecule has 0 atom stereocenters. The lowest BCUT2D eigenvalue weighted by atomic mass is 10.1. The van der Waals surface area contributed by atoms with Gasteiger partial charge in [-0.1, -0.05) is 42.5 Å². The molecule has 0 saturated heterocycles. The average molecular weight is 334 g/mol. The number of rotatable bonds is 3. The molecule has 2 N–H and O–H groups in total. The minimum atomic E-state index is -4.48. The summed E-state index contributed by atoms with van der Waals surface area (Å²) in [6.07, 6.45) is 0. The van der Waals surface area contributed by atoms with Crippen LogP contribution >= 0.6 is 18.2 Å². The molecule has 112 valence electrons. The van der Waals surface area contributed by atoms with Crippen molar-refractivity contribution in [2.24, 2.45) is 0 Å². The van der Waals surface area contributed by atoms with Crippen LogP contribution in [0, 0.1) is 0 Å². The van der Waals surface area contributed by atoms with Crippen molar-refractivity contribution in [2.75, 3.05) is 0 Å². The maximum absolute atomic E-state index is 12.6. The van der Waals surface area contributed by atoms with Crippen molar-refractivity contribution < 1.29 is 18.8 Å². The second-order valence-electron chi connectivity index (χ2n) is 4.53. The monoisotopic (exact) mass is 334 g/mol. The highest BCUT2D eigenvalue weighted by molar-refractivity contribution is 8.54. The number of fused-ring (bicyclic) bond motifs is 1. The Balaban J connectivity index is 2.36. The molecule has 0 unspecified atom stereocenters. The van der Waals surface area contributed by atoms with Gasteiger partial charge in [0.15, 0.2) is 5.76 Å². The Morgan fingerprint density at radius 3 is 2.27 bits per heavy atom. The molecule has 1 aromatic heterocycles. The van der Waals surface area contributed by atoms with Gasteiger partial charge in [0, 0.05) is 16.9 Å². The summed E-state index contributed by atoms with van der Waals surface area (Å²) < 4.78 is 17.1. The SMILES string of the molecule is O=c1c(SP(=O)(O)O)c(-c2ccccc2)oc2ccccc12. The maximum Gasteiger partial charge on any atom is 0.388 e. The smallest absolute Gasteiger partial charge is 0.388 e. The first kappa shape index (κ1) is 15.1. The quantitative estimate of drug-likeness (QED) is 0.711. The van der Waals surface area contributed by atoms with Gasteiger partial charge in [-0.3, -0.25) is 4.79 Å². The maximum atomic E-state index is 12.6. The normalized spacial score (nSPS) is 11.7. The van der Waals surface area contributed by atoms with E-state index in [1.807, 2.05) is 0 Å². The summed E-state index contributed by atoms with van der Waals surface area (Å²) in [5, 5.41) is 0.290. The molecule has 0 amide bonds. The molecule has 3 rings (SSSR count). The van der Waals surface area contributed by atoms with Crippen LogP contribution in [0.4, 0.5) is 0 Å². The molecule has 0 radical (unpaired) electrons. The van der Waals surface area contributed by atoms with Crippen molar-refractivity contribution in [3.63, 3.8) is 0 Å². The van der Waals surface area contributed by atoms with E-state index in [-0.39, 0.29) is 27.4 Å². The summed E-state index contributed by atoms with van der Waals surface area (Å²) in [6, 6.07) is 15.4. The Morgan fingerprint density at radius 1 is 0.955 bits per heavy atom. The van der Waals surface area contributed by atoms with E-state index in [1.54, 1.807) is 54.6 Å². The van der Waals surface area contributed by atoms with Crippen molar-refractivity contribution in [3.05, 3.63) is 64.8 Å². The summed E-state index contributed by atoms with van der Waals surface area (Å²) in [6.45, 7) is -4.48. The molecule has 0 fully saturated rings. The molecule has 22 heavy (non-hydrogen) atoms. The number of para-hydroxylation sites is 1. The van der Waals surface area contributed by atoms with Crippen LogP contribution in [0.25, 0.3) is 22.3 Å². The van der Waals surface area contributed by atoms with Crippen molar-refractivity contribution in [2.45, 2.75) is 4.90 Å². The van der Waals surface area contributed by atoms with E-state index < -0.39 is 12.2 Å². The van der Waals surface area contributed by atoms with Crippen molar-refractivity contribution in [1.29, 1.82) is 0 Å². The van der Waals surface area contributed by atoms with Crippen molar-refractivity contribution in [3.8, 4) is 11.3 Å². The number of hydrogen-bond donors (Lipinski definition) is 2. The zero-order valence-electron chi connectivity index (χ0n) is 11.2. The zero-order chi connectivity index (χ0) is 15.7. The Kier molecular flexibility index (Phi) is 3.93. The number of benzene rings is 2. The molecule has 0 saturated carbocycles. The van der Waals surface area contributed by atoms with Gasteiger partial charge in [-0.2, -0.15) is 0 Å².